The Hall–Kier alpha value is -3.35. The first-order valence-corrected chi connectivity index (χ1v) is 11.7. The summed E-state index contributed by atoms with van der Waals surface area (Å²) in [5.41, 5.74) is 4.01. The van der Waals surface area contributed by atoms with Crippen molar-refractivity contribution < 1.29 is 29.0 Å². The van der Waals surface area contributed by atoms with Gasteiger partial charge in [0.05, 0.1) is 12.3 Å². The number of benzene rings is 2. The molecule has 0 saturated heterocycles. The third-order valence-corrected chi connectivity index (χ3v) is 5.77. The van der Waals surface area contributed by atoms with E-state index in [1.807, 2.05) is 24.3 Å². The standard InChI is InChI=1S/C27H33NO6/c1-27(2,3)34-24(29)16-18(25(30)31)10-8-9-15-28-26(32)33-17-23-21-13-6-4-11-19(21)20-12-5-7-14-22(20)23/h4-7,11-14,18,23H,8-10,15-17H2,1-3H3,(H,28,32)(H,30,31)/t18-/m1/s1. The van der Waals surface area contributed by atoms with Gasteiger partial charge in [-0.25, -0.2) is 4.79 Å². The Labute approximate surface area is 200 Å². The number of hydrogen-bond donors (Lipinski definition) is 2. The SMILES string of the molecule is CC(C)(C)OC(=O)C[C@@H](CCCCNC(=O)OCC1c2ccccc2-c2ccccc21)C(=O)O. The van der Waals surface area contributed by atoms with Gasteiger partial charge in [-0.1, -0.05) is 55.0 Å². The number of alkyl carbamates (subject to hydrolysis) is 1. The average Bonchev–Trinajstić information content (AvgIpc) is 3.09. The van der Waals surface area contributed by atoms with Gasteiger partial charge in [0.2, 0.25) is 0 Å². The number of ether oxygens (including phenoxy) is 2. The zero-order valence-electron chi connectivity index (χ0n) is 20.0. The molecule has 2 aromatic rings. The minimum Gasteiger partial charge on any atom is -0.481 e. The van der Waals surface area contributed by atoms with Crippen LogP contribution in [-0.4, -0.2) is 41.9 Å². The fourth-order valence-corrected chi connectivity index (χ4v) is 4.25. The smallest absolute Gasteiger partial charge is 0.407 e. The molecule has 1 atom stereocenters. The second-order valence-corrected chi connectivity index (χ2v) is 9.57. The summed E-state index contributed by atoms with van der Waals surface area (Å²) in [7, 11) is 0. The number of unbranched alkanes of at least 4 members (excludes halogenated alkanes) is 1. The molecule has 1 amide bonds. The maximum Gasteiger partial charge on any atom is 0.407 e. The van der Waals surface area contributed by atoms with Crippen molar-refractivity contribution >= 4 is 18.0 Å². The third-order valence-electron chi connectivity index (χ3n) is 5.77. The lowest BCUT2D eigenvalue weighted by atomic mass is 9.98. The number of carbonyl (C=O) groups is 3. The van der Waals surface area contributed by atoms with E-state index in [1.165, 1.54) is 11.1 Å². The molecule has 0 fully saturated rings. The molecule has 0 spiro atoms. The molecule has 1 aliphatic carbocycles. The summed E-state index contributed by atoms with van der Waals surface area (Å²) in [6, 6.07) is 16.3. The first-order chi connectivity index (χ1) is 16.2. The zero-order valence-corrected chi connectivity index (χ0v) is 20.0. The van der Waals surface area contributed by atoms with E-state index >= 15 is 0 Å². The van der Waals surface area contributed by atoms with Crippen LogP contribution < -0.4 is 5.32 Å². The van der Waals surface area contributed by atoms with Crippen LogP contribution in [-0.2, 0) is 19.1 Å². The van der Waals surface area contributed by atoms with Gasteiger partial charge in [-0.05, 0) is 55.9 Å². The minimum atomic E-state index is -1.02. The summed E-state index contributed by atoms with van der Waals surface area (Å²) in [6.45, 7) is 5.85. The fourth-order valence-electron chi connectivity index (χ4n) is 4.25. The third kappa shape index (κ3) is 6.83. The number of rotatable bonds is 10. The van der Waals surface area contributed by atoms with Crippen LogP contribution in [0.25, 0.3) is 11.1 Å². The molecule has 7 nitrogen and oxygen atoms in total. The predicted molar refractivity (Wildman–Crippen MR) is 129 cm³/mol. The molecule has 0 aromatic heterocycles. The van der Waals surface area contributed by atoms with E-state index in [0.29, 0.717) is 25.8 Å². The summed E-state index contributed by atoms with van der Waals surface area (Å²) in [6.07, 6.45) is 0.824. The maximum absolute atomic E-state index is 12.2. The quantitative estimate of drug-likeness (QED) is 0.371. The van der Waals surface area contributed by atoms with Crippen LogP contribution in [0.4, 0.5) is 4.79 Å². The highest BCUT2D eigenvalue weighted by molar-refractivity contribution is 5.79. The van der Waals surface area contributed by atoms with Crippen molar-refractivity contribution in [2.24, 2.45) is 5.92 Å². The average molecular weight is 468 g/mol. The summed E-state index contributed by atoms with van der Waals surface area (Å²) in [4.78, 5) is 35.6. The van der Waals surface area contributed by atoms with E-state index in [4.69, 9.17) is 9.47 Å². The molecule has 2 N–H and O–H groups in total. The zero-order chi connectivity index (χ0) is 24.7. The number of esters is 1. The van der Waals surface area contributed by atoms with E-state index in [-0.39, 0.29) is 18.9 Å². The van der Waals surface area contributed by atoms with Crippen LogP contribution in [0.5, 0.6) is 0 Å². The topological polar surface area (TPSA) is 102 Å². The van der Waals surface area contributed by atoms with Gasteiger partial charge in [-0.15, -0.1) is 0 Å². The lowest BCUT2D eigenvalue weighted by molar-refractivity contribution is -0.160. The Bertz CT molecular complexity index is 980. The highest BCUT2D eigenvalue weighted by Crippen LogP contribution is 2.44. The normalized spacial score (nSPS) is 13.5. The molecule has 0 aliphatic heterocycles. The van der Waals surface area contributed by atoms with Crippen LogP contribution in [0.15, 0.2) is 48.5 Å². The largest absolute Gasteiger partial charge is 0.481 e. The van der Waals surface area contributed by atoms with Crippen molar-refractivity contribution in [2.75, 3.05) is 13.2 Å². The highest BCUT2D eigenvalue weighted by atomic mass is 16.6. The van der Waals surface area contributed by atoms with Crippen molar-refractivity contribution in [3.63, 3.8) is 0 Å². The first kappa shape index (κ1) is 25.3. The molecule has 2 aromatic carbocycles. The van der Waals surface area contributed by atoms with E-state index in [1.54, 1.807) is 20.8 Å². The number of aliphatic carboxylic acids is 1. The molecule has 0 radical (unpaired) electrons. The molecule has 7 heteroatoms. The second-order valence-electron chi connectivity index (χ2n) is 9.57. The minimum absolute atomic E-state index is 0.00216. The number of carboxylic acid groups (broad SMARTS) is 1. The molecule has 0 saturated carbocycles. The summed E-state index contributed by atoms with van der Waals surface area (Å²) < 4.78 is 10.7. The number of carbonyl (C=O) groups excluding carboxylic acids is 2. The van der Waals surface area contributed by atoms with Gasteiger partial charge >= 0.3 is 18.0 Å². The molecule has 3 rings (SSSR count). The van der Waals surface area contributed by atoms with Crippen molar-refractivity contribution in [3.8, 4) is 11.1 Å². The van der Waals surface area contributed by atoms with Crippen LogP contribution in [0.1, 0.15) is 63.5 Å². The van der Waals surface area contributed by atoms with Gasteiger partial charge in [0, 0.05) is 12.5 Å². The number of fused-ring (bicyclic) bond motifs is 3. The Morgan fingerprint density at radius 1 is 0.971 bits per heavy atom. The van der Waals surface area contributed by atoms with Gasteiger partial charge in [-0.2, -0.15) is 0 Å². The number of carboxylic acids is 1. The van der Waals surface area contributed by atoms with Gasteiger partial charge in [-0.3, -0.25) is 9.59 Å². The van der Waals surface area contributed by atoms with Crippen molar-refractivity contribution in [2.45, 2.75) is 58.0 Å². The molecular formula is C27H33NO6. The van der Waals surface area contributed by atoms with E-state index in [0.717, 1.165) is 11.1 Å². The van der Waals surface area contributed by atoms with Crippen LogP contribution in [0.3, 0.4) is 0 Å². The second kappa shape index (κ2) is 11.2. The molecular weight excluding hydrogens is 434 g/mol. The van der Waals surface area contributed by atoms with E-state index < -0.39 is 29.6 Å². The molecule has 0 unspecified atom stereocenters. The van der Waals surface area contributed by atoms with Crippen LogP contribution in [0.2, 0.25) is 0 Å². The number of amides is 1. The van der Waals surface area contributed by atoms with E-state index in [9.17, 15) is 19.5 Å². The van der Waals surface area contributed by atoms with Gasteiger partial charge in [0.1, 0.15) is 12.2 Å². The highest BCUT2D eigenvalue weighted by Gasteiger charge is 2.29. The fraction of sp³-hybridized carbons (Fsp3) is 0.444. The number of nitrogens with one attached hydrogen (secondary N) is 1. The van der Waals surface area contributed by atoms with Crippen LogP contribution in [0, 0.1) is 5.92 Å². The maximum atomic E-state index is 12.2. The molecule has 34 heavy (non-hydrogen) atoms. The van der Waals surface area contributed by atoms with Gasteiger partial charge in [0.25, 0.3) is 0 Å². The summed E-state index contributed by atoms with van der Waals surface area (Å²) >= 11 is 0. The molecule has 0 heterocycles. The Morgan fingerprint density at radius 3 is 2.12 bits per heavy atom. The lowest BCUT2D eigenvalue weighted by Crippen LogP contribution is -2.28. The van der Waals surface area contributed by atoms with Gasteiger partial charge < -0.3 is 19.9 Å². The first-order valence-electron chi connectivity index (χ1n) is 11.7. The molecule has 182 valence electrons. The van der Waals surface area contributed by atoms with E-state index in [2.05, 4.69) is 29.6 Å². The van der Waals surface area contributed by atoms with Crippen molar-refractivity contribution in [3.05, 3.63) is 59.7 Å². The Kier molecular flexibility index (Phi) is 8.31. The summed E-state index contributed by atoms with van der Waals surface area (Å²) in [5.74, 6) is -2.33. The van der Waals surface area contributed by atoms with Gasteiger partial charge in [0.15, 0.2) is 0 Å². The lowest BCUT2D eigenvalue weighted by Gasteiger charge is -2.21. The predicted octanol–water partition coefficient (Wildman–Crippen LogP) is 5.13. The van der Waals surface area contributed by atoms with Crippen LogP contribution >= 0.6 is 0 Å². The van der Waals surface area contributed by atoms with Crippen molar-refractivity contribution in [1.82, 2.24) is 5.32 Å². The monoisotopic (exact) mass is 467 g/mol. The Morgan fingerprint density at radius 2 is 1.56 bits per heavy atom. The Balaban J connectivity index is 1.40. The number of hydrogen-bond acceptors (Lipinski definition) is 5. The summed E-state index contributed by atoms with van der Waals surface area (Å²) in [5, 5.41) is 12.1. The van der Waals surface area contributed by atoms with Crippen molar-refractivity contribution in [1.29, 1.82) is 0 Å². The molecule has 1 aliphatic rings. The molecule has 0 bridgehead atoms.